The monoisotopic (exact) mass is 257 g/mol. The Labute approximate surface area is 111 Å². The first kappa shape index (κ1) is 12.9. The SMILES string of the molecule is Cc1ccccc1NC(=O)Nc1nnc(C)c(C)n1. The zero-order valence-electron chi connectivity index (χ0n) is 11.1. The van der Waals surface area contributed by atoms with Gasteiger partial charge >= 0.3 is 6.03 Å². The maximum atomic E-state index is 11.8. The van der Waals surface area contributed by atoms with Gasteiger partial charge in [-0.1, -0.05) is 18.2 Å². The number of hydrogen-bond acceptors (Lipinski definition) is 4. The molecule has 0 radical (unpaired) electrons. The molecular weight excluding hydrogens is 242 g/mol. The highest BCUT2D eigenvalue weighted by atomic mass is 16.2. The molecule has 2 aromatic rings. The van der Waals surface area contributed by atoms with Gasteiger partial charge in [-0.2, -0.15) is 5.10 Å². The summed E-state index contributed by atoms with van der Waals surface area (Å²) < 4.78 is 0. The number of nitrogens with one attached hydrogen (secondary N) is 2. The lowest BCUT2D eigenvalue weighted by Crippen LogP contribution is -2.22. The number of carbonyl (C=O) groups is 1. The van der Waals surface area contributed by atoms with Gasteiger partial charge in [-0.3, -0.25) is 5.32 Å². The molecule has 0 bridgehead atoms. The van der Waals surface area contributed by atoms with Crippen LogP contribution in [0, 0.1) is 20.8 Å². The van der Waals surface area contributed by atoms with Crippen LogP contribution in [-0.4, -0.2) is 21.2 Å². The van der Waals surface area contributed by atoms with Crippen LogP contribution in [0.4, 0.5) is 16.4 Å². The van der Waals surface area contributed by atoms with Gasteiger partial charge in [-0.05, 0) is 32.4 Å². The Morgan fingerprint density at radius 3 is 2.42 bits per heavy atom. The maximum absolute atomic E-state index is 11.8. The Kier molecular flexibility index (Phi) is 3.70. The highest BCUT2D eigenvalue weighted by Gasteiger charge is 2.07. The minimum atomic E-state index is -0.389. The van der Waals surface area contributed by atoms with Crippen LogP contribution in [-0.2, 0) is 0 Å². The van der Waals surface area contributed by atoms with E-state index in [0.717, 1.165) is 22.6 Å². The molecule has 0 aliphatic carbocycles. The van der Waals surface area contributed by atoms with Gasteiger partial charge in [0, 0.05) is 5.69 Å². The van der Waals surface area contributed by atoms with E-state index in [2.05, 4.69) is 25.8 Å². The molecule has 0 spiro atoms. The van der Waals surface area contributed by atoms with E-state index in [-0.39, 0.29) is 12.0 Å². The smallest absolute Gasteiger partial charge is 0.307 e. The first-order valence-corrected chi connectivity index (χ1v) is 5.88. The predicted molar refractivity (Wildman–Crippen MR) is 73.1 cm³/mol. The lowest BCUT2D eigenvalue weighted by molar-refractivity contribution is 0.262. The van der Waals surface area contributed by atoms with Gasteiger partial charge in [0.2, 0.25) is 0 Å². The van der Waals surface area contributed by atoms with Crippen molar-refractivity contribution < 1.29 is 4.79 Å². The van der Waals surface area contributed by atoms with Gasteiger partial charge in [0.25, 0.3) is 5.95 Å². The highest BCUT2D eigenvalue weighted by Crippen LogP contribution is 2.13. The van der Waals surface area contributed by atoms with Crippen molar-refractivity contribution in [2.24, 2.45) is 0 Å². The molecule has 98 valence electrons. The van der Waals surface area contributed by atoms with Gasteiger partial charge in [-0.25, -0.2) is 9.78 Å². The quantitative estimate of drug-likeness (QED) is 0.866. The van der Waals surface area contributed by atoms with Gasteiger partial charge in [0.1, 0.15) is 0 Å². The fourth-order valence-corrected chi connectivity index (χ4v) is 1.48. The van der Waals surface area contributed by atoms with Crippen molar-refractivity contribution in [3.8, 4) is 0 Å². The maximum Gasteiger partial charge on any atom is 0.326 e. The number of benzene rings is 1. The molecule has 2 amide bonds. The number of urea groups is 1. The molecule has 1 aromatic heterocycles. The topological polar surface area (TPSA) is 79.8 Å². The molecule has 2 N–H and O–H groups in total. The van der Waals surface area contributed by atoms with Crippen molar-refractivity contribution in [1.82, 2.24) is 15.2 Å². The number of amides is 2. The van der Waals surface area contributed by atoms with Crippen LogP contribution in [0.25, 0.3) is 0 Å². The minimum absolute atomic E-state index is 0.189. The second kappa shape index (κ2) is 5.43. The summed E-state index contributed by atoms with van der Waals surface area (Å²) in [5.41, 5.74) is 3.21. The van der Waals surface area contributed by atoms with Crippen molar-refractivity contribution in [1.29, 1.82) is 0 Å². The number of aryl methyl sites for hydroxylation is 3. The van der Waals surface area contributed by atoms with Gasteiger partial charge in [0.05, 0.1) is 11.4 Å². The van der Waals surface area contributed by atoms with Crippen molar-refractivity contribution in [2.75, 3.05) is 10.6 Å². The number of nitrogens with zero attached hydrogens (tertiary/aromatic N) is 3. The average molecular weight is 257 g/mol. The Bertz CT molecular complexity index is 612. The second-order valence-corrected chi connectivity index (χ2v) is 4.20. The van der Waals surface area contributed by atoms with E-state index in [1.165, 1.54) is 0 Å². The molecule has 6 nitrogen and oxygen atoms in total. The van der Waals surface area contributed by atoms with Crippen LogP contribution in [0.5, 0.6) is 0 Å². The number of carbonyl (C=O) groups excluding carboxylic acids is 1. The van der Waals surface area contributed by atoms with E-state index < -0.39 is 0 Å². The van der Waals surface area contributed by atoms with Crippen LogP contribution < -0.4 is 10.6 Å². The van der Waals surface area contributed by atoms with E-state index >= 15 is 0 Å². The van der Waals surface area contributed by atoms with E-state index in [1.54, 1.807) is 0 Å². The number of hydrogen-bond donors (Lipinski definition) is 2. The summed E-state index contributed by atoms with van der Waals surface area (Å²) in [5.74, 6) is 0.189. The number of para-hydroxylation sites is 1. The van der Waals surface area contributed by atoms with E-state index in [1.807, 2.05) is 45.0 Å². The molecular formula is C13H15N5O. The van der Waals surface area contributed by atoms with Crippen LogP contribution in [0.3, 0.4) is 0 Å². The Hall–Kier alpha value is -2.50. The summed E-state index contributed by atoms with van der Waals surface area (Å²) in [5, 5.41) is 13.0. The van der Waals surface area contributed by atoms with Gasteiger partial charge in [-0.15, -0.1) is 5.10 Å². The normalized spacial score (nSPS) is 10.1. The van der Waals surface area contributed by atoms with E-state index in [0.29, 0.717) is 0 Å². The highest BCUT2D eigenvalue weighted by molar-refractivity contribution is 5.99. The molecule has 0 saturated heterocycles. The third-order valence-electron chi connectivity index (χ3n) is 2.71. The first-order chi connectivity index (χ1) is 9.06. The number of aromatic nitrogens is 3. The molecule has 0 saturated carbocycles. The molecule has 1 aromatic carbocycles. The summed E-state index contributed by atoms with van der Waals surface area (Å²) >= 11 is 0. The molecule has 0 atom stereocenters. The fourth-order valence-electron chi connectivity index (χ4n) is 1.48. The summed E-state index contributed by atoms with van der Waals surface area (Å²) in [6.45, 7) is 5.55. The fraction of sp³-hybridized carbons (Fsp3) is 0.231. The molecule has 0 unspecified atom stereocenters. The summed E-state index contributed by atoms with van der Waals surface area (Å²) in [6, 6.07) is 7.13. The second-order valence-electron chi connectivity index (χ2n) is 4.20. The molecule has 1 heterocycles. The Balaban J connectivity index is 2.05. The number of anilines is 2. The zero-order valence-corrected chi connectivity index (χ0v) is 11.1. The lowest BCUT2D eigenvalue weighted by atomic mass is 10.2. The number of rotatable bonds is 2. The molecule has 0 fully saturated rings. The van der Waals surface area contributed by atoms with E-state index in [4.69, 9.17) is 0 Å². The van der Waals surface area contributed by atoms with Crippen LogP contribution in [0.15, 0.2) is 24.3 Å². The lowest BCUT2D eigenvalue weighted by Gasteiger charge is -2.08. The predicted octanol–water partition coefficient (Wildman–Crippen LogP) is 2.44. The first-order valence-electron chi connectivity index (χ1n) is 5.88. The van der Waals surface area contributed by atoms with Crippen molar-refractivity contribution in [2.45, 2.75) is 20.8 Å². The summed E-state index contributed by atoms with van der Waals surface area (Å²) in [7, 11) is 0. The largest absolute Gasteiger partial charge is 0.326 e. The molecule has 0 aliphatic rings. The average Bonchev–Trinajstić information content (AvgIpc) is 2.37. The minimum Gasteiger partial charge on any atom is -0.307 e. The van der Waals surface area contributed by atoms with Gasteiger partial charge < -0.3 is 5.32 Å². The third-order valence-corrected chi connectivity index (χ3v) is 2.71. The van der Waals surface area contributed by atoms with E-state index in [9.17, 15) is 4.79 Å². The molecule has 2 rings (SSSR count). The molecule has 19 heavy (non-hydrogen) atoms. The zero-order chi connectivity index (χ0) is 13.8. The van der Waals surface area contributed by atoms with Crippen molar-refractivity contribution >= 4 is 17.7 Å². The standard InChI is InChI=1S/C13H15N5O/c1-8-6-4-5-7-11(8)15-13(19)16-12-14-9(2)10(3)17-18-12/h4-7H,1-3H3,(H2,14,15,16,18,19). The van der Waals surface area contributed by atoms with Crippen LogP contribution >= 0.6 is 0 Å². The Morgan fingerprint density at radius 1 is 1.00 bits per heavy atom. The Morgan fingerprint density at radius 2 is 1.74 bits per heavy atom. The molecule has 0 aliphatic heterocycles. The third kappa shape index (κ3) is 3.25. The van der Waals surface area contributed by atoms with Crippen molar-refractivity contribution in [3.05, 3.63) is 41.2 Å². The summed E-state index contributed by atoms with van der Waals surface area (Å²) in [4.78, 5) is 15.9. The van der Waals surface area contributed by atoms with Crippen LogP contribution in [0.2, 0.25) is 0 Å². The van der Waals surface area contributed by atoms with Crippen LogP contribution in [0.1, 0.15) is 17.0 Å². The summed E-state index contributed by atoms with van der Waals surface area (Å²) in [6.07, 6.45) is 0. The van der Waals surface area contributed by atoms with Gasteiger partial charge in [0.15, 0.2) is 0 Å². The molecule has 6 heteroatoms. The van der Waals surface area contributed by atoms with Crippen molar-refractivity contribution in [3.63, 3.8) is 0 Å².